The summed E-state index contributed by atoms with van der Waals surface area (Å²) in [5.41, 5.74) is 11.1. The van der Waals surface area contributed by atoms with Crippen LogP contribution in [0.2, 0.25) is 0 Å². The van der Waals surface area contributed by atoms with Crippen LogP contribution in [-0.4, -0.2) is 9.13 Å². The number of hydrogen-bond acceptors (Lipinski definition) is 0. The molecule has 0 saturated heterocycles. The minimum Gasteiger partial charge on any atom is -0.337 e. The number of benzene rings is 13. The van der Waals surface area contributed by atoms with Crippen LogP contribution in [0.5, 0.6) is 0 Å². The van der Waals surface area contributed by atoms with E-state index in [9.17, 15) is 0 Å². The number of rotatable bonds is 30. The maximum absolute atomic E-state index is 2.92. The van der Waals surface area contributed by atoms with Gasteiger partial charge in [-0.3, -0.25) is 0 Å². The van der Waals surface area contributed by atoms with Gasteiger partial charge in [-0.25, -0.2) is 0 Å². The zero-order valence-corrected chi connectivity index (χ0v) is 60.9. The minimum absolute atomic E-state index is 0.404. The second kappa shape index (κ2) is 29.1. The summed E-state index contributed by atoms with van der Waals surface area (Å²) in [6, 6.07) is 64.9. The Labute approximate surface area is 584 Å². The molecule has 2 heteroatoms. The Kier molecular flexibility index (Phi) is 19.6. The van der Waals surface area contributed by atoms with Crippen molar-refractivity contribution in [3.05, 3.63) is 180 Å². The highest BCUT2D eigenvalue weighted by Crippen LogP contribution is 2.48. The van der Waals surface area contributed by atoms with Gasteiger partial charge in [0.2, 0.25) is 0 Å². The topological polar surface area (TPSA) is 9.86 Å². The predicted molar refractivity (Wildman–Crippen MR) is 437 cm³/mol. The van der Waals surface area contributed by atoms with Crippen LogP contribution in [0.25, 0.3) is 151 Å². The molecule has 0 saturated carbocycles. The summed E-state index contributed by atoms with van der Waals surface area (Å²) in [5, 5.41) is 32.8. The van der Waals surface area contributed by atoms with Crippen molar-refractivity contribution < 1.29 is 0 Å². The molecule has 0 aliphatic heterocycles. The molecule has 15 aromatic rings. The van der Waals surface area contributed by atoms with Crippen LogP contribution in [0, 0.1) is 27.7 Å². The molecule has 0 bridgehead atoms. The van der Waals surface area contributed by atoms with Gasteiger partial charge >= 0.3 is 0 Å². The van der Waals surface area contributed by atoms with Crippen LogP contribution in [0.3, 0.4) is 0 Å². The molecule has 0 amide bonds. The van der Waals surface area contributed by atoms with Crippen molar-refractivity contribution in [2.45, 2.75) is 247 Å². The molecule has 0 aliphatic rings. The molecular weight excluding hydrogens is 1180 g/mol. The fourth-order valence-electron chi connectivity index (χ4n) is 18.6. The molecule has 2 heterocycles. The molecule has 98 heavy (non-hydrogen) atoms. The largest absolute Gasteiger partial charge is 0.337 e. The zero-order valence-electron chi connectivity index (χ0n) is 60.9. The van der Waals surface area contributed by atoms with Crippen molar-refractivity contribution in [2.24, 2.45) is 0 Å². The molecule has 0 aliphatic carbocycles. The van der Waals surface area contributed by atoms with Crippen molar-refractivity contribution in [3.8, 4) is 0 Å². The Morgan fingerprint density at radius 2 is 0.459 bits per heavy atom. The minimum atomic E-state index is 0.404. The monoisotopic (exact) mass is 1290 g/mol. The molecular formula is C96H108N2. The maximum atomic E-state index is 2.92. The highest BCUT2D eigenvalue weighted by Gasteiger charge is 2.25. The van der Waals surface area contributed by atoms with E-state index in [1.807, 2.05) is 0 Å². The van der Waals surface area contributed by atoms with Crippen LogP contribution in [-0.2, 0) is 0 Å². The van der Waals surface area contributed by atoms with Gasteiger partial charge in [0.1, 0.15) is 0 Å². The van der Waals surface area contributed by atoms with E-state index in [-0.39, 0.29) is 0 Å². The lowest BCUT2D eigenvalue weighted by atomic mass is 9.90. The van der Waals surface area contributed by atoms with E-state index < -0.39 is 0 Å². The Balaban J connectivity index is 0.939. The van der Waals surface area contributed by atoms with Crippen LogP contribution < -0.4 is 0 Å². The van der Waals surface area contributed by atoms with Crippen LogP contribution in [0.4, 0.5) is 0 Å². The van der Waals surface area contributed by atoms with E-state index in [1.54, 1.807) is 0 Å². The summed E-state index contributed by atoms with van der Waals surface area (Å²) < 4.78 is 5.82. The van der Waals surface area contributed by atoms with Crippen LogP contribution in [0.1, 0.15) is 242 Å². The fraction of sp³-hybridized carbons (Fsp3) is 0.396. The number of aryl methyl sites for hydroxylation is 4. The van der Waals surface area contributed by atoms with Gasteiger partial charge in [-0.15, -0.1) is 0 Å². The number of nitrogens with zero attached hydrogens (tertiary/aromatic N) is 2. The van der Waals surface area contributed by atoms with E-state index in [2.05, 4.69) is 222 Å². The van der Waals surface area contributed by atoms with Crippen molar-refractivity contribution in [2.75, 3.05) is 0 Å². The second-order valence-electron chi connectivity index (χ2n) is 30.8. The van der Waals surface area contributed by atoms with Gasteiger partial charge in [-0.1, -0.05) is 267 Å². The summed E-state index contributed by atoms with van der Waals surface area (Å²) in [6.07, 6.45) is 36.6. The van der Waals surface area contributed by atoms with Crippen molar-refractivity contribution in [1.82, 2.24) is 9.13 Å². The van der Waals surface area contributed by atoms with Crippen molar-refractivity contribution >= 4 is 151 Å². The Morgan fingerprint density at radius 3 is 0.816 bits per heavy atom. The molecule has 0 N–H and O–H groups in total. The maximum Gasteiger partial charge on any atom is 0.0500 e. The lowest BCUT2D eigenvalue weighted by molar-refractivity contribution is 0.410. The first-order valence-electron chi connectivity index (χ1n) is 39.4. The second-order valence-corrected chi connectivity index (χ2v) is 30.8. The molecule has 0 unspecified atom stereocenters. The van der Waals surface area contributed by atoms with Gasteiger partial charge in [-0.2, -0.15) is 0 Å². The van der Waals surface area contributed by atoms with Crippen LogP contribution >= 0.6 is 0 Å². The summed E-state index contributed by atoms with van der Waals surface area (Å²) in [6.45, 7) is 18.9. The Bertz CT molecular complexity index is 5440. The quantitative estimate of drug-likeness (QED) is 0.0241. The first kappa shape index (κ1) is 66.0. The number of unbranched alkanes of at least 4 members (excludes halogenated alkanes) is 20. The summed E-state index contributed by atoms with van der Waals surface area (Å²) in [5.74, 6) is 0. The van der Waals surface area contributed by atoms with Gasteiger partial charge < -0.3 is 9.13 Å². The predicted octanol–water partition coefficient (Wildman–Crippen LogP) is 30.8. The Morgan fingerprint density at radius 1 is 0.204 bits per heavy atom. The molecule has 0 atom stereocenters. The Hall–Kier alpha value is -7.94. The van der Waals surface area contributed by atoms with Crippen molar-refractivity contribution in [3.63, 3.8) is 0 Å². The normalized spacial score (nSPS) is 12.6. The van der Waals surface area contributed by atoms with E-state index in [1.165, 1.54) is 353 Å². The molecule has 2 aromatic heterocycles. The first-order chi connectivity index (χ1) is 48.1. The third-order valence-corrected chi connectivity index (χ3v) is 23.9. The standard InChI is InChI=1S/C96H108N2/c1-9-13-17-21-25-29-39-73(40-30-26-22-18-14-10-2)97-93-59-85-76-44-36-34-38-68(76)47-63(5)77(85)55-89(93)90-57-79-65(7)49-71-54-84-72(53-83(71)87(79)61-95(90)97)50-66(8)80-58-92-91-56-78-64(6)48-70-52-81-69(46-45-67-37-33-35-43-75(67)81)51-82(70)86(78)60-94(91)98(96(92)62-88(80)84)74(41-31-27-23-19-15-11-3)42-32-28-24-20-16-12-4/h33-38,43-62,73-74H,9-32,39-42H2,1-8H3. The van der Waals surface area contributed by atoms with Gasteiger partial charge in [0.05, 0.1) is 22.1 Å². The molecule has 502 valence electrons. The van der Waals surface area contributed by atoms with Gasteiger partial charge in [0.15, 0.2) is 0 Å². The van der Waals surface area contributed by atoms with Crippen LogP contribution in [0.15, 0.2) is 158 Å². The van der Waals surface area contributed by atoms with E-state index in [0.29, 0.717) is 12.1 Å². The van der Waals surface area contributed by atoms with E-state index in [0.717, 1.165) is 0 Å². The molecule has 0 spiro atoms. The van der Waals surface area contributed by atoms with Gasteiger partial charge in [0, 0.05) is 33.6 Å². The average Bonchev–Trinajstić information content (AvgIpc) is 1.53. The third-order valence-electron chi connectivity index (χ3n) is 23.9. The highest BCUT2D eigenvalue weighted by molar-refractivity contribution is 6.27. The number of fused-ring (bicyclic) bond motifs is 21. The van der Waals surface area contributed by atoms with Crippen molar-refractivity contribution in [1.29, 1.82) is 0 Å². The lowest BCUT2D eigenvalue weighted by Gasteiger charge is -2.23. The highest BCUT2D eigenvalue weighted by atomic mass is 15.0. The molecule has 15 rings (SSSR count). The first-order valence-corrected chi connectivity index (χ1v) is 39.4. The van der Waals surface area contributed by atoms with E-state index >= 15 is 0 Å². The molecule has 13 aromatic carbocycles. The van der Waals surface area contributed by atoms with E-state index in [4.69, 9.17) is 0 Å². The number of hydrogen-bond donors (Lipinski definition) is 0. The summed E-state index contributed by atoms with van der Waals surface area (Å²) in [7, 11) is 0. The zero-order chi connectivity index (χ0) is 67.0. The SMILES string of the molecule is CCCCCCCCC(CCCCCCCC)n1c2cc3c(cc2c2cc4c(C)cc5cc6c(cc(C)c7cc8c9cc%10c(C)cc%11cc%12c(ccc%13ccccc%13%12)cc%11c%10cc9n(C(CCCCCCCC)CCCCCCCC)c8cc76)cc5c4cc21)c(C)cc1ccccc13. The summed E-state index contributed by atoms with van der Waals surface area (Å²) in [4.78, 5) is 0. The third kappa shape index (κ3) is 12.5. The lowest BCUT2D eigenvalue weighted by Crippen LogP contribution is -2.09. The molecule has 0 fully saturated rings. The van der Waals surface area contributed by atoms with Gasteiger partial charge in [0.25, 0.3) is 0 Å². The summed E-state index contributed by atoms with van der Waals surface area (Å²) >= 11 is 0. The fourth-order valence-corrected chi connectivity index (χ4v) is 18.6. The van der Waals surface area contributed by atoms with Gasteiger partial charge in [-0.05, 0) is 256 Å². The molecule has 0 radical (unpaired) electrons. The number of aromatic nitrogens is 2. The molecule has 2 nitrogen and oxygen atoms in total. The smallest absolute Gasteiger partial charge is 0.0500 e. The average molecular weight is 1290 g/mol.